The minimum absolute atomic E-state index is 0.0658. The number of rotatable bonds is 8. The van der Waals surface area contributed by atoms with Gasteiger partial charge < -0.3 is 14.6 Å². The monoisotopic (exact) mass is 546 g/mol. The number of carbonyl (C=O) groups is 3. The van der Waals surface area contributed by atoms with Gasteiger partial charge in [-0.25, -0.2) is 9.78 Å². The Bertz CT molecular complexity index is 1490. The summed E-state index contributed by atoms with van der Waals surface area (Å²) in [6.07, 6.45) is 1.63. The number of anilines is 1. The van der Waals surface area contributed by atoms with Crippen LogP contribution < -0.4 is 9.64 Å². The molecule has 1 fully saturated rings. The van der Waals surface area contributed by atoms with Gasteiger partial charge in [0.25, 0.3) is 5.78 Å². The first-order chi connectivity index (χ1) is 18.6. The highest BCUT2D eigenvalue weighted by atomic mass is 32.1. The molecule has 1 aliphatic heterocycles. The number of methoxy groups -OCH3 is 1. The number of hydrogen-bond acceptors (Lipinski definition) is 8. The van der Waals surface area contributed by atoms with Crippen molar-refractivity contribution < 1.29 is 29.0 Å². The molecule has 1 amide bonds. The number of thiazole rings is 1. The lowest BCUT2D eigenvalue weighted by molar-refractivity contribution is -0.132. The van der Waals surface area contributed by atoms with Gasteiger partial charge in [-0.3, -0.25) is 14.5 Å². The number of aromatic nitrogens is 1. The summed E-state index contributed by atoms with van der Waals surface area (Å²) in [6.45, 7) is 11.6. The van der Waals surface area contributed by atoms with E-state index in [-0.39, 0.29) is 27.3 Å². The average molecular weight is 547 g/mol. The van der Waals surface area contributed by atoms with Gasteiger partial charge in [-0.05, 0) is 54.7 Å². The molecule has 0 unspecified atom stereocenters. The van der Waals surface area contributed by atoms with Crippen molar-refractivity contribution in [2.45, 2.75) is 39.7 Å². The average Bonchev–Trinajstić information content (AvgIpc) is 3.43. The molecule has 0 radical (unpaired) electrons. The Morgan fingerprint density at radius 1 is 1.18 bits per heavy atom. The van der Waals surface area contributed by atoms with Crippen LogP contribution in [0.25, 0.3) is 5.76 Å². The number of aliphatic hydroxyl groups excluding tert-OH is 1. The van der Waals surface area contributed by atoms with Crippen molar-refractivity contribution >= 4 is 39.9 Å². The zero-order valence-corrected chi connectivity index (χ0v) is 23.3. The molecule has 2 aromatic carbocycles. The van der Waals surface area contributed by atoms with E-state index in [1.807, 2.05) is 31.2 Å². The van der Waals surface area contributed by atoms with Crippen molar-refractivity contribution in [1.29, 1.82) is 0 Å². The fourth-order valence-electron chi connectivity index (χ4n) is 4.44. The number of hydrogen-bond donors (Lipinski definition) is 1. The van der Waals surface area contributed by atoms with Crippen LogP contribution in [0, 0.1) is 13.8 Å². The molecule has 1 saturated heterocycles. The maximum Gasteiger partial charge on any atom is 0.350 e. The fourth-order valence-corrected chi connectivity index (χ4v) is 5.45. The van der Waals surface area contributed by atoms with E-state index in [4.69, 9.17) is 9.47 Å². The van der Waals surface area contributed by atoms with Gasteiger partial charge >= 0.3 is 11.9 Å². The summed E-state index contributed by atoms with van der Waals surface area (Å²) in [4.78, 5) is 45.1. The third-order valence-electron chi connectivity index (χ3n) is 6.53. The first-order valence-corrected chi connectivity index (χ1v) is 13.2. The maximum atomic E-state index is 13.5. The molecule has 4 rings (SSSR count). The smallest absolute Gasteiger partial charge is 0.350 e. The molecular formula is C30H30N2O6S. The highest BCUT2D eigenvalue weighted by Crippen LogP contribution is 2.44. The van der Waals surface area contributed by atoms with E-state index >= 15 is 0 Å². The van der Waals surface area contributed by atoms with Crippen molar-refractivity contribution in [2.24, 2.45) is 0 Å². The predicted octanol–water partition coefficient (Wildman–Crippen LogP) is 5.86. The number of ether oxygens (including phenoxy) is 2. The van der Waals surface area contributed by atoms with Crippen molar-refractivity contribution in [3.63, 3.8) is 0 Å². The highest BCUT2D eigenvalue weighted by molar-refractivity contribution is 7.17. The van der Waals surface area contributed by atoms with Crippen molar-refractivity contribution in [1.82, 2.24) is 4.98 Å². The van der Waals surface area contributed by atoms with Gasteiger partial charge in [0.05, 0.1) is 24.4 Å². The third kappa shape index (κ3) is 5.22. The number of Topliss-reactive ketones (excluding diaryl/α,β-unsaturated/α-hetero) is 1. The number of aliphatic hydroxyl groups is 1. The van der Waals surface area contributed by atoms with Crippen LogP contribution in [0.5, 0.6) is 5.75 Å². The predicted molar refractivity (Wildman–Crippen MR) is 150 cm³/mol. The fraction of sp³-hybridized carbons (Fsp3) is 0.267. The molecule has 1 N–H and O–H groups in total. The molecule has 0 saturated carbocycles. The summed E-state index contributed by atoms with van der Waals surface area (Å²) in [7, 11) is 1.26. The Morgan fingerprint density at radius 3 is 2.46 bits per heavy atom. The summed E-state index contributed by atoms with van der Waals surface area (Å²) in [5.41, 5.74) is 3.12. The van der Waals surface area contributed by atoms with E-state index in [1.165, 1.54) is 12.0 Å². The van der Waals surface area contributed by atoms with E-state index in [0.717, 1.165) is 22.5 Å². The van der Waals surface area contributed by atoms with E-state index in [0.29, 0.717) is 29.2 Å². The molecular weight excluding hydrogens is 516 g/mol. The second-order valence-electron chi connectivity index (χ2n) is 9.47. The van der Waals surface area contributed by atoms with Gasteiger partial charge in [0.15, 0.2) is 5.13 Å². The van der Waals surface area contributed by atoms with Crippen LogP contribution in [0.2, 0.25) is 0 Å². The lowest BCUT2D eigenvalue weighted by Gasteiger charge is -2.23. The second-order valence-corrected chi connectivity index (χ2v) is 10.5. The lowest BCUT2D eigenvalue weighted by atomic mass is 9.93. The molecule has 1 aliphatic rings. The molecule has 39 heavy (non-hydrogen) atoms. The molecule has 202 valence electrons. The van der Waals surface area contributed by atoms with Gasteiger partial charge in [-0.1, -0.05) is 62.1 Å². The van der Waals surface area contributed by atoms with Crippen molar-refractivity contribution in [2.75, 3.05) is 18.6 Å². The quantitative estimate of drug-likeness (QED) is 0.124. The topological polar surface area (TPSA) is 106 Å². The molecule has 0 aliphatic carbocycles. The SMILES string of the molecule is C=CCOc1ccc(C(O)=C2C(=O)C(=O)N(c3nc(C)c(C(=O)OC)s3)[C@@H]2c2ccc(C(C)C)cc2)cc1C. The number of amides is 1. The number of ketones is 1. The Labute approximate surface area is 231 Å². The summed E-state index contributed by atoms with van der Waals surface area (Å²) in [5, 5.41) is 11.6. The normalized spacial score (nSPS) is 16.6. The molecule has 1 atom stereocenters. The Hall–Kier alpha value is -4.24. The molecule has 3 aromatic rings. The van der Waals surface area contributed by atoms with Crippen LogP contribution >= 0.6 is 11.3 Å². The molecule has 2 heterocycles. The third-order valence-corrected chi connectivity index (χ3v) is 7.67. The minimum atomic E-state index is -0.959. The molecule has 0 spiro atoms. The van der Waals surface area contributed by atoms with Crippen LogP contribution in [0.15, 0.2) is 60.7 Å². The van der Waals surface area contributed by atoms with Crippen LogP contribution in [0.4, 0.5) is 5.13 Å². The van der Waals surface area contributed by atoms with Crippen LogP contribution in [0.1, 0.15) is 63.4 Å². The van der Waals surface area contributed by atoms with Crippen LogP contribution in [-0.4, -0.2) is 41.5 Å². The zero-order chi connectivity index (χ0) is 28.4. The second kappa shape index (κ2) is 11.2. The van der Waals surface area contributed by atoms with Crippen LogP contribution in [-0.2, 0) is 14.3 Å². The Morgan fingerprint density at radius 2 is 1.87 bits per heavy atom. The minimum Gasteiger partial charge on any atom is -0.507 e. The first kappa shape index (κ1) is 27.8. The van der Waals surface area contributed by atoms with Gasteiger partial charge in [0, 0.05) is 5.56 Å². The van der Waals surface area contributed by atoms with E-state index in [1.54, 1.807) is 31.2 Å². The largest absolute Gasteiger partial charge is 0.507 e. The highest BCUT2D eigenvalue weighted by Gasteiger charge is 2.48. The number of carbonyl (C=O) groups excluding carboxylic acids is 3. The molecule has 0 bridgehead atoms. The van der Waals surface area contributed by atoms with Gasteiger partial charge in [0.2, 0.25) is 0 Å². The van der Waals surface area contributed by atoms with E-state index in [2.05, 4.69) is 25.4 Å². The van der Waals surface area contributed by atoms with E-state index < -0.39 is 23.7 Å². The zero-order valence-electron chi connectivity index (χ0n) is 22.5. The summed E-state index contributed by atoms with van der Waals surface area (Å²) in [6, 6.07) is 11.6. The van der Waals surface area contributed by atoms with Gasteiger partial charge in [-0.2, -0.15) is 0 Å². The number of esters is 1. The lowest BCUT2D eigenvalue weighted by Crippen LogP contribution is -2.29. The maximum absolute atomic E-state index is 13.5. The number of nitrogens with zero attached hydrogens (tertiary/aromatic N) is 2. The summed E-state index contributed by atoms with van der Waals surface area (Å²) >= 11 is 0.962. The molecule has 1 aromatic heterocycles. The molecule has 9 heteroatoms. The Balaban J connectivity index is 1.89. The first-order valence-electron chi connectivity index (χ1n) is 12.4. The van der Waals surface area contributed by atoms with Crippen LogP contribution in [0.3, 0.4) is 0 Å². The number of aryl methyl sites for hydroxylation is 2. The van der Waals surface area contributed by atoms with Crippen molar-refractivity contribution in [3.8, 4) is 5.75 Å². The number of benzene rings is 2. The summed E-state index contributed by atoms with van der Waals surface area (Å²) < 4.78 is 10.5. The van der Waals surface area contributed by atoms with Gasteiger partial charge in [-0.15, -0.1) is 0 Å². The summed E-state index contributed by atoms with van der Waals surface area (Å²) in [5.74, 6) is -1.70. The van der Waals surface area contributed by atoms with Gasteiger partial charge in [0.1, 0.15) is 23.0 Å². The van der Waals surface area contributed by atoms with E-state index in [9.17, 15) is 19.5 Å². The Kier molecular flexibility index (Phi) is 8.01. The van der Waals surface area contributed by atoms with Crippen molar-refractivity contribution in [3.05, 3.63) is 93.5 Å². The standard InChI is InChI=1S/C30H30N2O6S/c1-7-14-38-22-13-12-21(15-17(22)4)25(33)23-24(20-10-8-19(9-11-20)16(2)3)32(28(35)26(23)34)30-31-18(5)27(39-30)29(36)37-6/h7-13,15-16,24,33H,1,14H2,2-6H3/t24-/m1/s1. The molecule has 8 nitrogen and oxygen atoms in total.